The Kier molecular flexibility index (Phi) is 5.16. The first-order valence-corrected chi connectivity index (χ1v) is 7.84. The lowest BCUT2D eigenvalue weighted by Gasteiger charge is -2.36. The lowest BCUT2D eigenvalue weighted by molar-refractivity contribution is -0.127. The molecule has 1 amide bonds. The number of nitrogens with one attached hydrogen (secondary N) is 2. The van der Waals surface area contributed by atoms with Gasteiger partial charge in [0.2, 0.25) is 5.91 Å². The van der Waals surface area contributed by atoms with Crippen molar-refractivity contribution in [2.75, 3.05) is 18.4 Å². The third-order valence-electron chi connectivity index (χ3n) is 3.95. The zero-order chi connectivity index (χ0) is 14.6. The average Bonchev–Trinajstić information content (AvgIpc) is 2.44. The number of piperidine rings is 1. The molecular weight excluding hydrogens is 323 g/mol. The standard InChI is InChI=1S/C15H20BrFN2O/c1-2-5-15(6-8-18-9-7-15)14(20)19-13-10-11(17)3-4-12(13)16/h3-4,10,18H,2,5-9H2,1H3,(H,19,20). The number of benzene rings is 1. The van der Waals surface area contributed by atoms with Crippen molar-refractivity contribution in [1.29, 1.82) is 0 Å². The third-order valence-corrected chi connectivity index (χ3v) is 4.64. The molecular formula is C15H20BrFN2O. The van der Waals surface area contributed by atoms with Crippen molar-refractivity contribution in [1.82, 2.24) is 5.32 Å². The highest BCUT2D eigenvalue weighted by atomic mass is 79.9. The Morgan fingerprint density at radius 2 is 2.15 bits per heavy atom. The zero-order valence-corrected chi connectivity index (χ0v) is 13.2. The van der Waals surface area contributed by atoms with Crippen molar-refractivity contribution in [3.8, 4) is 0 Å². The summed E-state index contributed by atoms with van der Waals surface area (Å²) in [6.45, 7) is 3.81. The van der Waals surface area contributed by atoms with Gasteiger partial charge in [0.1, 0.15) is 5.82 Å². The minimum Gasteiger partial charge on any atom is -0.324 e. The van der Waals surface area contributed by atoms with Crippen LogP contribution in [0.15, 0.2) is 22.7 Å². The van der Waals surface area contributed by atoms with E-state index in [4.69, 9.17) is 0 Å². The molecule has 1 fully saturated rings. The number of hydrogen-bond acceptors (Lipinski definition) is 2. The summed E-state index contributed by atoms with van der Waals surface area (Å²) in [5.74, 6) is -0.342. The summed E-state index contributed by atoms with van der Waals surface area (Å²) >= 11 is 3.35. The Morgan fingerprint density at radius 3 is 2.80 bits per heavy atom. The van der Waals surface area contributed by atoms with Gasteiger partial charge in [0, 0.05) is 4.47 Å². The molecule has 1 aliphatic heterocycles. The number of amides is 1. The summed E-state index contributed by atoms with van der Waals surface area (Å²) in [7, 11) is 0. The van der Waals surface area contributed by atoms with E-state index in [0.717, 1.165) is 38.8 Å². The van der Waals surface area contributed by atoms with Crippen LogP contribution in [0.1, 0.15) is 32.6 Å². The molecule has 1 aromatic rings. The summed E-state index contributed by atoms with van der Waals surface area (Å²) in [6.07, 6.45) is 3.50. The first kappa shape index (κ1) is 15.4. The van der Waals surface area contributed by atoms with Crippen molar-refractivity contribution in [2.24, 2.45) is 5.41 Å². The summed E-state index contributed by atoms with van der Waals surface area (Å²) < 4.78 is 14.0. The lowest BCUT2D eigenvalue weighted by atomic mass is 9.74. The summed E-state index contributed by atoms with van der Waals surface area (Å²) in [6, 6.07) is 4.33. The molecule has 110 valence electrons. The summed E-state index contributed by atoms with van der Waals surface area (Å²) in [4.78, 5) is 12.7. The van der Waals surface area contributed by atoms with Gasteiger partial charge >= 0.3 is 0 Å². The Hall–Kier alpha value is -0.940. The molecule has 20 heavy (non-hydrogen) atoms. The Balaban J connectivity index is 2.18. The predicted octanol–water partition coefficient (Wildman–Crippen LogP) is 3.70. The monoisotopic (exact) mass is 342 g/mol. The second-order valence-electron chi connectivity index (χ2n) is 5.36. The van der Waals surface area contributed by atoms with Crippen LogP contribution >= 0.6 is 15.9 Å². The van der Waals surface area contributed by atoms with Gasteiger partial charge in [0.05, 0.1) is 11.1 Å². The van der Waals surface area contributed by atoms with E-state index in [-0.39, 0.29) is 17.1 Å². The molecule has 0 atom stereocenters. The topological polar surface area (TPSA) is 41.1 Å². The van der Waals surface area contributed by atoms with Gasteiger partial charge in [-0.3, -0.25) is 4.79 Å². The van der Waals surface area contributed by atoms with Gasteiger partial charge in [-0.1, -0.05) is 13.3 Å². The number of rotatable bonds is 4. The molecule has 1 aromatic carbocycles. The van der Waals surface area contributed by atoms with Gasteiger partial charge in [-0.05, 0) is 66.5 Å². The molecule has 5 heteroatoms. The van der Waals surface area contributed by atoms with Crippen LogP contribution in [0.3, 0.4) is 0 Å². The van der Waals surface area contributed by atoms with Crippen LogP contribution in [-0.4, -0.2) is 19.0 Å². The zero-order valence-electron chi connectivity index (χ0n) is 11.6. The fourth-order valence-electron chi connectivity index (χ4n) is 2.82. The predicted molar refractivity (Wildman–Crippen MR) is 82.2 cm³/mol. The normalized spacial score (nSPS) is 17.8. The molecule has 0 radical (unpaired) electrons. The van der Waals surface area contributed by atoms with E-state index in [2.05, 4.69) is 33.5 Å². The minimum atomic E-state index is -0.349. The second kappa shape index (κ2) is 6.68. The highest BCUT2D eigenvalue weighted by Gasteiger charge is 2.38. The van der Waals surface area contributed by atoms with Gasteiger partial charge in [-0.15, -0.1) is 0 Å². The second-order valence-corrected chi connectivity index (χ2v) is 6.21. The van der Waals surface area contributed by atoms with Gasteiger partial charge in [0.25, 0.3) is 0 Å². The highest BCUT2D eigenvalue weighted by molar-refractivity contribution is 9.10. The van der Waals surface area contributed by atoms with Crippen LogP contribution in [0.25, 0.3) is 0 Å². The van der Waals surface area contributed by atoms with E-state index in [1.807, 2.05) is 0 Å². The van der Waals surface area contributed by atoms with E-state index in [1.54, 1.807) is 6.07 Å². The maximum atomic E-state index is 13.3. The van der Waals surface area contributed by atoms with Gasteiger partial charge < -0.3 is 10.6 Å². The molecule has 0 saturated carbocycles. The average molecular weight is 343 g/mol. The number of anilines is 1. The summed E-state index contributed by atoms with van der Waals surface area (Å²) in [5, 5.41) is 6.18. The Morgan fingerprint density at radius 1 is 1.45 bits per heavy atom. The van der Waals surface area contributed by atoms with Crippen LogP contribution in [0, 0.1) is 11.2 Å². The first-order chi connectivity index (χ1) is 9.57. The molecule has 0 bridgehead atoms. The minimum absolute atomic E-state index is 0.00662. The van der Waals surface area contributed by atoms with Gasteiger partial charge in [-0.25, -0.2) is 4.39 Å². The van der Waals surface area contributed by atoms with Crippen molar-refractivity contribution >= 4 is 27.5 Å². The first-order valence-electron chi connectivity index (χ1n) is 7.04. The van der Waals surface area contributed by atoms with Gasteiger partial charge in [0.15, 0.2) is 0 Å². The number of carbonyl (C=O) groups is 1. The maximum Gasteiger partial charge on any atom is 0.230 e. The number of carbonyl (C=O) groups excluding carboxylic acids is 1. The molecule has 0 aromatic heterocycles. The van der Waals surface area contributed by atoms with E-state index in [9.17, 15) is 9.18 Å². The third kappa shape index (κ3) is 3.38. The van der Waals surface area contributed by atoms with Crippen molar-refractivity contribution in [3.05, 3.63) is 28.5 Å². The van der Waals surface area contributed by atoms with E-state index < -0.39 is 0 Å². The van der Waals surface area contributed by atoms with Crippen LogP contribution in [0.2, 0.25) is 0 Å². The van der Waals surface area contributed by atoms with Crippen LogP contribution in [-0.2, 0) is 4.79 Å². The number of halogens is 2. The molecule has 1 saturated heterocycles. The number of hydrogen-bond donors (Lipinski definition) is 2. The van der Waals surface area contributed by atoms with Gasteiger partial charge in [-0.2, -0.15) is 0 Å². The lowest BCUT2D eigenvalue weighted by Crippen LogP contribution is -2.44. The Bertz CT molecular complexity index is 481. The highest BCUT2D eigenvalue weighted by Crippen LogP contribution is 2.36. The largest absolute Gasteiger partial charge is 0.324 e. The van der Waals surface area contributed by atoms with Crippen molar-refractivity contribution in [3.63, 3.8) is 0 Å². The molecule has 2 rings (SSSR count). The SMILES string of the molecule is CCCC1(C(=O)Nc2cc(F)ccc2Br)CCNCC1. The smallest absolute Gasteiger partial charge is 0.230 e. The molecule has 3 nitrogen and oxygen atoms in total. The van der Waals surface area contributed by atoms with Crippen LogP contribution < -0.4 is 10.6 Å². The molecule has 0 unspecified atom stereocenters. The van der Waals surface area contributed by atoms with Crippen LogP contribution in [0.4, 0.5) is 10.1 Å². The molecule has 2 N–H and O–H groups in total. The van der Waals surface area contributed by atoms with E-state index in [1.165, 1.54) is 12.1 Å². The molecule has 1 heterocycles. The maximum absolute atomic E-state index is 13.3. The van der Waals surface area contributed by atoms with Crippen molar-refractivity contribution < 1.29 is 9.18 Å². The Labute approximate surface area is 127 Å². The van der Waals surface area contributed by atoms with Crippen LogP contribution in [0.5, 0.6) is 0 Å². The quantitative estimate of drug-likeness (QED) is 0.875. The summed E-state index contributed by atoms with van der Waals surface area (Å²) in [5.41, 5.74) is 0.176. The fraction of sp³-hybridized carbons (Fsp3) is 0.533. The fourth-order valence-corrected chi connectivity index (χ4v) is 3.17. The van der Waals surface area contributed by atoms with E-state index >= 15 is 0 Å². The van der Waals surface area contributed by atoms with E-state index in [0.29, 0.717) is 10.2 Å². The van der Waals surface area contributed by atoms with Crippen molar-refractivity contribution in [2.45, 2.75) is 32.6 Å². The molecule has 0 spiro atoms. The molecule has 0 aliphatic carbocycles. The molecule has 1 aliphatic rings.